The molecule has 0 saturated heterocycles. The second kappa shape index (κ2) is 4.19. The van der Waals surface area contributed by atoms with E-state index in [2.05, 4.69) is 0 Å². The second-order valence-corrected chi connectivity index (χ2v) is 3.30. The third kappa shape index (κ3) is 2.77. The molecule has 16 heavy (non-hydrogen) atoms. The molecule has 1 nitrogen and oxygen atoms in total. The molecule has 0 amide bonds. The topological polar surface area (TPSA) is 17.1 Å². The molecule has 0 unspecified atom stereocenters. The van der Waals surface area contributed by atoms with Crippen molar-refractivity contribution >= 4 is 5.78 Å². The van der Waals surface area contributed by atoms with Crippen molar-refractivity contribution in [3.63, 3.8) is 0 Å². The Bertz CT molecular complexity index is 399. The van der Waals surface area contributed by atoms with Gasteiger partial charge in [0.25, 0.3) is 0 Å². The zero-order valence-electron chi connectivity index (χ0n) is 8.16. The zero-order chi connectivity index (χ0) is 12.5. The van der Waals surface area contributed by atoms with Crippen LogP contribution in [0.4, 0.5) is 22.0 Å². The van der Waals surface area contributed by atoms with Gasteiger partial charge in [0.1, 0.15) is 11.6 Å². The average Bonchev–Trinajstić information content (AvgIpc) is 2.08. The number of carbonyl (C=O) groups excluding carboxylic acids is 1. The predicted molar refractivity (Wildman–Crippen MR) is 45.9 cm³/mol. The number of hydrogen-bond donors (Lipinski definition) is 0. The number of rotatable bonds is 2. The molecule has 0 heterocycles. The number of alkyl halides is 3. The van der Waals surface area contributed by atoms with Gasteiger partial charge < -0.3 is 0 Å². The minimum Gasteiger partial charge on any atom is -0.289 e. The van der Waals surface area contributed by atoms with Crippen molar-refractivity contribution in [2.75, 3.05) is 0 Å². The van der Waals surface area contributed by atoms with Gasteiger partial charge in [0, 0.05) is 12.0 Å². The molecule has 0 bridgehead atoms. The van der Waals surface area contributed by atoms with Gasteiger partial charge in [-0.1, -0.05) is 0 Å². The highest BCUT2D eigenvalue weighted by molar-refractivity contribution is 5.86. The van der Waals surface area contributed by atoms with Crippen LogP contribution in [-0.4, -0.2) is 12.0 Å². The summed E-state index contributed by atoms with van der Waals surface area (Å²) in [5.74, 6) is -4.46. The Balaban J connectivity index is 3.03. The van der Waals surface area contributed by atoms with Gasteiger partial charge in [-0.3, -0.25) is 4.79 Å². The molecule has 0 aliphatic heterocycles. The van der Waals surface area contributed by atoms with E-state index in [1.54, 1.807) is 0 Å². The van der Waals surface area contributed by atoms with Crippen LogP contribution in [0.15, 0.2) is 12.1 Å². The molecule has 0 aromatic heterocycles. The molecular formula is C10H7F5O. The van der Waals surface area contributed by atoms with Crippen molar-refractivity contribution in [2.45, 2.75) is 19.5 Å². The third-order valence-corrected chi connectivity index (χ3v) is 1.94. The first-order valence-electron chi connectivity index (χ1n) is 4.26. The molecule has 0 aliphatic rings. The number of benzene rings is 1. The van der Waals surface area contributed by atoms with E-state index in [9.17, 15) is 26.7 Å². The molecule has 1 aromatic rings. The molecule has 0 aliphatic carbocycles. The largest absolute Gasteiger partial charge is 0.450 e. The van der Waals surface area contributed by atoms with E-state index in [0.717, 1.165) is 12.1 Å². The first-order chi connectivity index (χ1) is 7.21. The van der Waals surface area contributed by atoms with E-state index in [1.165, 1.54) is 6.92 Å². The molecule has 0 fully saturated rings. The monoisotopic (exact) mass is 238 g/mol. The number of aryl methyl sites for hydroxylation is 1. The summed E-state index contributed by atoms with van der Waals surface area (Å²) in [4.78, 5) is 10.6. The van der Waals surface area contributed by atoms with Crippen molar-refractivity contribution in [1.29, 1.82) is 0 Å². The fourth-order valence-corrected chi connectivity index (χ4v) is 1.16. The molecule has 0 saturated carbocycles. The minimum atomic E-state index is -5.08. The van der Waals surface area contributed by atoms with Gasteiger partial charge >= 0.3 is 6.18 Å². The molecule has 0 N–H and O–H groups in total. The van der Waals surface area contributed by atoms with E-state index in [0.29, 0.717) is 0 Å². The van der Waals surface area contributed by atoms with Crippen LogP contribution in [0, 0.1) is 18.6 Å². The second-order valence-electron chi connectivity index (χ2n) is 3.30. The maximum absolute atomic E-state index is 13.1. The third-order valence-electron chi connectivity index (χ3n) is 1.94. The van der Waals surface area contributed by atoms with Crippen LogP contribution in [0.5, 0.6) is 0 Å². The van der Waals surface area contributed by atoms with Gasteiger partial charge in [0.05, 0.1) is 0 Å². The highest BCUT2D eigenvalue weighted by atomic mass is 19.4. The highest BCUT2D eigenvalue weighted by Crippen LogP contribution is 2.22. The molecule has 1 rings (SSSR count). The number of halogens is 5. The molecular weight excluding hydrogens is 231 g/mol. The lowest BCUT2D eigenvalue weighted by molar-refractivity contribution is -0.170. The van der Waals surface area contributed by atoms with Crippen LogP contribution in [-0.2, 0) is 11.2 Å². The summed E-state index contributed by atoms with van der Waals surface area (Å²) in [5, 5.41) is 0. The lowest BCUT2D eigenvalue weighted by Gasteiger charge is -2.07. The summed E-state index contributed by atoms with van der Waals surface area (Å²) < 4.78 is 61.8. The Labute approximate surface area is 87.9 Å². The number of carbonyl (C=O) groups is 1. The van der Waals surface area contributed by atoms with Crippen molar-refractivity contribution < 1.29 is 26.7 Å². The Morgan fingerprint density at radius 2 is 1.62 bits per heavy atom. The highest BCUT2D eigenvalue weighted by Gasteiger charge is 2.38. The summed E-state index contributed by atoms with van der Waals surface area (Å²) in [5.41, 5.74) is -0.619. The van der Waals surface area contributed by atoms with Crippen LogP contribution in [0.25, 0.3) is 0 Å². The van der Waals surface area contributed by atoms with Gasteiger partial charge in [-0.15, -0.1) is 0 Å². The summed E-state index contributed by atoms with van der Waals surface area (Å²) in [6.45, 7) is 1.39. The lowest BCUT2D eigenvalue weighted by Crippen LogP contribution is -2.25. The Hall–Kier alpha value is -1.46. The Kier molecular flexibility index (Phi) is 3.30. The van der Waals surface area contributed by atoms with E-state index in [1.807, 2.05) is 0 Å². The summed E-state index contributed by atoms with van der Waals surface area (Å²) in [7, 11) is 0. The van der Waals surface area contributed by atoms with Crippen molar-refractivity contribution in [1.82, 2.24) is 0 Å². The summed E-state index contributed by atoms with van der Waals surface area (Å²) in [6.07, 6.45) is -6.40. The van der Waals surface area contributed by atoms with Gasteiger partial charge in [0.2, 0.25) is 5.78 Å². The molecule has 0 atom stereocenters. The van der Waals surface area contributed by atoms with Crippen molar-refractivity contribution in [2.24, 2.45) is 0 Å². The quantitative estimate of drug-likeness (QED) is 0.724. The first-order valence-corrected chi connectivity index (χ1v) is 4.26. The van der Waals surface area contributed by atoms with E-state index in [4.69, 9.17) is 0 Å². The van der Waals surface area contributed by atoms with Crippen LogP contribution < -0.4 is 0 Å². The number of hydrogen-bond acceptors (Lipinski definition) is 1. The van der Waals surface area contributed by atoms with Gasteiger partial charge in [-0.25, -0.2) is 8.78 Å². The molecule has 0 radical (unpaired) electrons. The van der Waals surface area contributed by atoms with Gasteiger partial charge in [-0.05, 0) is 24.6 Å². The fraction of sp³-hybridized carbons (Fsp3) is 0.300. The Morgan fingerprint density at radius 1 is 1.19 bits per heavy atom. The standard InChI is InChI=1S/C10H7F5O/c1-5-2-7(11)6(8(12)3-5)4-9(16)10(13,14)15/h2-3H,4H2,1H3. The maximum Gasteiger partial charge on any atom is 0.450 e. The summed E-state index contributed by atoms with van der Waals surface area (Å²) >= 11 is 0. The number of ketones is 1. The van der Waals surface area contributed by atoms with Crippen LogP contribution in [0.1, 0.15) is 11.1 Å². The van der Waals surface area contributed by atoms with Gasteiger partial charge in [0.15, 0.2) is 0 Å². The van der Waals surface area contributed by atoms with Gasteiger partial charge in [-0.2, -0.15) is 13.2 Å². The molecule has 88 valence electrons. The van der Waals surface area contributed by atoms with Crippen molar-refractivity contribution in [3.05, 3.63) is 34.9 Å². The Morgan fingerprint density at radius 3 is 2.00 bits per heavy atom. The smallest absolute Gasteiger partial charge is 0.289 e. The SMILES string of the molecule is Cc1cc(F)c(CC(=O)C(F)(F)F)c(F)c1. The van der Waals surface area contributed by atoms with Crippen LogP contribution >= 0.6 is 0 Å². The first kappa shape index (κ1) is 12.6. The average molecular weight is 238 g/mol. The zero-order valence-corrected chi connectivity index (χ0v) is 8.16. The fourth-order valence-electron chi connectivity index (χ4n) is 1.16. The normalized spacial score (nSPS) is 11.6. The van der Waals surface area contributed by atoms with E-state index >= 15 is 0 Å². The molecule has 1 aromatic carbocycles. The van der Waals surface area contributed by atoms with Crippen LogP contribution in [0.2, 0.25) is 0 Å². The lowest BCUT2D eigenvalue weighted by atomic mass is 10.1. The maximum atomic E-state index is 13.1. The predicted octanol–water partition coefficient (Wildman–Crippen LogP) is 2.95. The molecule has 6 heteroatoms. The minimum absolute atomic E-state index is 0.234. The van der Waals surface area contributed by atoms with E-state index < -0.39 is 35.6 Å². The number of Topliss-reactive ketones (excluding diaryl/α,β-unsaturated/α-hetero) is 1. The van der Waals surface area contributed by atoms with E-state index in [-0.39, 0.29) is 5.56 Å². The van der Waals surface area contributed by atoms with Crippen LogP contribution in [0.3, 0.4) is 0 Å². The van der Waals surface area contributed by atoms with Crippen molar-refractivity contribution in [3.8, 4) is 0 Å². The summed E-state index contributed by atoms with van der Waals surface area (Å²) in [6, 6.07) is 1.75. The molecule has 0 spiro atoms.